The molecule has 1 rings (SSSR count). The van der Waals surface area contributed by atoms with Gasteiger partial charge in [-0.05, 0) is 51.3 Å². The Balaban J connectivity index is 2.60. The van der Waals surface area contributed by atoms with Crippen LogP contribution in [0.2, 0.25) is 0 Å². The van der Waals surface area contributed by atoms with Crippen molar-refractivity contribution >= 4 is 5.96 Å². The minimum absolute atomic E-state index is 0.382. The molecule has 0 aliphatic rings. The lowest BCUT2D eigenvalue weighted by atomic mass is 10.1. The summed E-state index contributed by atoms with van der Waals surface area (Å²) < 4.78 is 5.34. The summed E-state index contributed by atoms with van der Waals surface area (Å²) >= 11 is 0. The zero-order valence-corrected chi connectivity index (χ0v) is 13.3. The second kappa shape index (κ2) is 8.46. The highest BCUT2D eigenvalue weighted by Crippen LogP contribution is 2.19. The Morgan fingerprint density at radius 3 is 2.70 bits per heavy atom. The monoisotopic (exact) mass is 277 g/mol. The molecule has 1 aromatic rings. The number of nitrogens with one attached hydrogen (secondary N) is 2. The highest BCUT2D eigenvalue weighted by atomic mass is 16.5. The lowest BCUT2D eigenvalue weighted by Gasteiger charge is -2.14. The summed E-state index contributed by atoms with van der Waals surface area (Å²) in [4.78, 5) is 4.58. The second-order valence-electron chi connectivity index (χ2n) is 5.11. The third-order valence-electron chi connectivity index (χ3n) is 2.91. The Labute approximate surface area is 122 Å². The summed E-state index contributed by atoms with van der Waals surface area (Å²) in [5, 5.41) is 6.56. The van der Waals surface area contributed by atoms with Crippen molar-refractivity contribution in [2.45, 2.75) is 40.2 Å². The van der Waals surface area contributed by atoms with E-state index in [1.54, 1.807) is 7.11 Å². The number of ether oxygens (including phenoxy) is 1. The first kappa shape index (κ1) is 16.3. The lowest BCUT2D eigenvalue weighted by Crippen LogP contribution is -2.41. The van der Waals surface area contributed by atoms with Gasteiger partial charge in [-0.25, -0.2) is 0 Å². The molecule has 0 aromatic heterocycles. The van der Waals surface area contributed by atoms with E-state index in [-0.39, 0.29) is 0 Å². The maximum absolute atomic E-state index is 5.34. The molecule has 2 N–H and O–H groups in total. The summed E-state index contributed by atoms with van der Waals surface area (Å²) in [6.07, 6.45) is 0.908. The summed E-state index contributed by atoms with van der Waals surface area (Å²) in [6, 6.07) is 6.70. The average Bonchev–Trinajstić information content (AvgIpc) is 2.40. The number of aliphatic imine (C=N–C) groups is 1. The molecule has 0 aliphatic heterocycles. The predicted molar refractivity (Wildman–Crippen MR) is 85.7 cm³/mol. The number of methoxy groups -OCH3 is 1. The Hall–Kier alpha value is -1.71. The number of rotatable bonds is 6. The summed E-state index contributed by atoms with van der Waals surface area (Å²) in [5.74, 6) is 1.82. The largest absolute Gasteiger partial charge is 0.496 e. The summed E-state index contributed by atoms with van der Waals surface area (Å²) in [6.45, 7) is 9.97. The van der Waals surface area contributed by atoms with E-state index < -0.39 is 0 Å². The fraction of sp³-hybridized carbons (Fsp3) is 0.562. The Kier molecular flexibility index (Phi) is 6.91. The van der Waals surface area contributed by atoms with Gasteiger partial charge in [-0.3, -0.25) is 4.99 Å². The molecule has 112 valence electrons. The van der Waals surface area contributed by atoms with Crippen LogP contribution >= 0.6 is 0 Å². The Morgan fingerprint density at radius 2 is 2.10 bits per heavy atom. The highest BCUT2D eigenvalue weighted by Gasteiger charge is 2.02. The minimum atomic E-state index is 0.382. The van der Waals surface area contributed by atoms with Crippen LogP contribution in [0.4, 0.5) is 0 Å². The third-order valence-corrected chi connectivity index (χ3v) is 2.91. The van der Waals surface area contributed by atoms with Gasteiger partial charge >= 0.3 is 0 Å². The Bertz CT molecular complexity index is 441. The predicted octanol–water partition coefficient (Wildman–Crippen LogP) is 2.51. The molecular weight excluding hydrogens is 250 g/mol. The molecule has 0 atom stereocenters. The van der Waals surface area contributed by atoms with Gasteiger partial charge in [0.15, 0.2) is 5.96 Å². The maximum atomic E-state index is 5.34. The molecule has 0 bridgehead atoms. The molecule has 0 spiro atoms. The molecule has 4 nitrogen and oxygen atoms in total. The maximum Gasteiger partial charge on any atom is 0.191 e. The van der Waals surface area contributed by atoms with E-state index >= 15 is 0 Å². The van der Waals surface area contributed by atoms with Crippen LogP contribution in [0.25, 0.3) is 0 Å². The van der Waals surface area contributed by atoms with E-state index in [0.717, 1.165) is 36.8 Å². The van der Waals surface area contributed by atoms with Crippen LogP contribution < -0.4 is 15.4 Å². The normalized spacial score (nSPS) is 11.6. The molecule has 0 heterocycles. The standard InChI is InChI=1S/C16H27N3O/c1-6-17-16(19-12(2)3)18-10-9-14-8-7-13(4)15(11-14)20-5/h7-8,11-12H,6,9-10H2,1-5H3,(H2,17,18,19). The van der Waals surface area contributed by atoms with Crippen LogP contribution in [0.3, 0.4) is 0 Å². The molecule has 1 aromatic carbocycles. The first-order valence-corrected chi connectivity index (χ1v) is 7.25. The van der Waals surface area contributed by atoms with E-state index in [9.17, 15) is 0 Å². The van der Waals surface area contributed by atoms with Crippen molar-refractivity contribution in [2.75, 3.05) is 20.2 Å². The number of benzene rings is 1. The fourth-order valence-electron chi connectivity index (χ4n) is 1.91. The molecular formula is C16H27N3O. The zero-order chi connectivity index (χ0) is 15.0. The van der Waals surface area contributed by atoms with Gasteiger partial charge in [0.1, 0.15) is 5.75 Å². The van der Waals surface area contributed by atoms with Crippen LogP contribution in [-0.2, 0) is 6.42 Å². The first-order chi connectivity index (χ1) is 9.56. The van der Waals surface area contributed by atoms with Crippen molar-refractivity contribution in [2.24, 2.45) is 4.99 Å². The van der Waals surface area contributed by atoms with Crippen molar-refractivity contribution in [3.05, 3.63) is 29.3 Å². The molecule has 0 amide bonds. The van der Waals surface area contributed by atoms with Gasteiger partial charge in [0, 0.05) is 19.1 Å². The van der Waals surface area contributed by atoms with Crippen LogP contribution in [0.1, 0.15) is 31.9 Å². The van der Waals surface area contributed by atoms with Crippen LogP contribution in [0.5, 0.6) is 5.75 Å². The van der Waals surface area contributed by atoms with Gasteiger partial charge in [-0.1, -0.05) is 12.1 Å². The molecule has 0 aliphatic carbocycles. The molecule has 4 heteroatoms. The van der Waals surface area contributed by atoms with Gasteiger partial charge in [0.05, 0.1) is 7.11 Å². The smallest absolute Gasteiger partial charge is 0.191 e. The van der Waals surface area contributed by atoms with Gasteiger partial charge < -0.3 is 15.4 Å². The molecule has 0 fully saturated rings. The zero-order valence-electron chi connectivity index (χ0n) is 13.3. The van der Waals surface area contributed by atoms with Crippen molar-refractivity contribution in [1.82, 2.24) is 10.6 Å². The van der Waals surface area contributed by atoms with E-state index in [1.165, 1.54) is 5.56 Å². The number of hydrogen-bond acceptors (Lipinski definition) is 2. The SMILES string of the molecule is CCNC(=NCCc1ccc(C)c(OC)c1)NC(C)C. The second-order valence-corrected chi connectivity index (χ2v) is 5.11. The van der Waals surface area contributed by atoms with Crippen LogP contribution in [-0.4, -0.2) is 32.2 Å². The molecule has 0 unspecified atom stereocenters. The lowest BCUT2D eigenvalue weighted by molar-refractivity contribution is 0.411. The molecule has 0 saturated heterocycles. The third kappa shape index (κ3) is 5.51. The Morgan fingerprint density at radius 1 is 1.35 bits per heavy atom. The van der Waals surface area contributed by atoms with Crippen molar-refractivity contribution in [3.8, 4) is 5.75 Å². The van der Waals surface area contributed by atoms with E-state index in [0.29, 0.717) is 6.04 Å². The van der Waals surface area contributed by atoms with Gasteiger partial charge in [-0.2, -0.15) is 0 Å². The van der Waals surface area contributed by atoms with E-state index in [1.807, 2.05) is 0 Å². The highest BCUT2D eigenvalue weighted by molar-refractivity contribution is 5.79. The van der Waals surface area contributed by atoms with E-state index in [4.69, 9.17) is 4.74 Å². The summed E-state index contributed by atoms with van der Waals surface area (Å²) in [7, 11) is 1.71. The van der Waals surface area contributed by atoms with Crippen molar-refractivity contribution < 1.29 is 4.74 Å². The first-order valence-electron chi connectivity index (χ1n) is 7.25. The average molecular weight is 277 g/mol. The quantitative estimate of drug-likeness (QED) is 0.620. The van der Waals surface area contributed by atoms with Crippen LogP contribution in [0.15, 0.2) is 23.2 Å². The van der Waals surface area contributed by atoms with Crippen LogP contribution in [0, 0.1) is 6.92 Å². The van der Waals surface area contributed by atoms with E-state index in [2.05, 4.69) is 61.5 Å². The van der Waals surface area contributed by atoms with Gasteiger partial charge in [0.2, 0.25) is 0 Å². The minimum Gasteiger partial charge on any atom is -0.496 e. The number of aryl methyl sites for hydroxylation is 1. The number of hydrogen-bond donors (Lipinski definition) is 2. The summed E-state index contributed by atoms with van der Waals surface area (Å²) in [5.41, 5.74) is 2.41. The number of guanidine groups is 1. The topological polar surface area (TPSA) is 45.7 Å². The van der Waals surface area contributed by atoms with Crippen molar-refractivity contribution in [1.29, 1.82) is 0 Å². The van der Waals surface area contributed by atoms with Gasteiger partial charge in [-0.15, -0.1) is 0 Å². The number of nitrogens with zero attached hydrogens (tertiary/aromatic N) is 1. The fourth-order valence-corrected chi connectivity index (χ4v) is 1.91. The molecule has 0 saturated carbocycles. The van der Waals surface area contributed by atoms with Crippen molar-refractivity contribution in [3.63, 3.8) is 0 Å². The molecule has 0 radical (unpaired) electrons. The van der Waals surface area contributed by atoms with Gasteiger partial charge in [0.25, 0.3) is 0 Å². The molecule has 20 heavy (non-hydrogen) atoms.